The van der Waals surface area contributed by atoms with Crippen LogP contribution in [0.25, 0.3) is 17.0 Å². The van der Waals surface area contributed by atoms with Crippen molar-refractivity contribution in [2.24, 2.45) is 10.9 Å². The van der Waals surface area contributed by atoms with Gasteiger partial charge in [-0.15, -0.1) is 0 Å². The van der Waals surface area contributed by atoms with Crippen LogP contribution < -0.4 is 10.2 Å². The van der Waals surface area contributed by atoms with E-state index >= 15 is 0 Å². The van der Waals surface area contributed by atoms with Crippen LogP contribution in [-0.2, 0) is 9.59 Å². The van der Waals surface area contributed by atoms with E-state index in [0.717, 1.165) is 28.2 Å². The van der Waals surface area contributed by atoms with Crippen molar-refractivity contribution in [1.82, 2.24) is 10.3 Å². The minimum absolute atomic E-state index is 0.00429. The summed E-state index contributed by atoms with van der Waals surface area (Å²) < 4.78 is 39.6. The number of benzene rings is 2. The van der Waals surface area contributed by atoms with E-state index in [0.29, 0.717) is 9.81 Å². The highest BCUT2D eigenvalue weighted by Crippen LogP contribution is 2.35. The molecule has 11 heteroatoms. The standard InChI is InChI=1S/C25H20ClF3N4O2S/c1-14(2)13-33(23(35)25(27,28)29)17-6-7-18(26)20(12-17)31-24-32-22(34)21(36-24)11-15-5-8-19-16(10-15)4-3-9-30-19/h3-12,14H,13H2,1-2H3,(H,31,32,34). The third-order valence-corrected chi connectivity index (χ3v) is 6.30. The Hall–Kier alpha value is -3.37. The number of aliphatic imine (C=N–C) groups is 1. The molecule has 3 aromatic rings. The molecular formula is C25H20ClF3N4O2S. The number of amidine groups is 1. The average Bonchev–Trinajstić information content (AvgIpc) is 3.16. The van der Waals surface area contributed by atoms with Crippen LogP contribution in [0.5, 0.6) is 0 Å². The fourth-order valence-electron chi connectivity index (χ4n) is 3.50. The summed E-state index contributed by atoms with van der Waals surface area (Å²) in [5.41, 5.74) is 1.75. The fraction of sp³-hybridized carbons (Fsp3) is 0.200. The summed E-state index contributed by atoms with van der Waals surface area (Å²) in [6.45, 7) is 3.27. The van der Waals surface area contributed by atoms with Crippen LogP contribution >= 0.6 is 23.4 Å². The topological polar surface area (TPSA) is 74.7 Å². The zero-order chi connectivity index (χ0) is 26.0. The summed E-state index contributed by atoms with van der Waals surface area (Å²) in [6.07, 6.45) is -1.63. The molecule has 4 rings (SSSR count). The lowest BCUT2D eigenvalue weighted by atomic mass is 10.1. The number of aromatic nitrogens is 1. The molecule has 1 aliphatic rings. The molecule has 0 radical (unpaired) electrons. The van der Waals surface area contributed by atoms with E-state index in [-0.39, 0.29) is 39.9 Å². The van der Waals surface area contributed by atoms with Crippen LogP contribution in [0.15, 0.2) is 64.6 Å². The highest BCUT2D eigenvalue weighted by Gasteiger charge is 2.43. The van der Waals surface area contributed by atoms with Crippen molar-refractivity contribution >= 4 is 68.7 Å². The molecule has 1 saturated heterocycles. The Morgan fingerprint density at radius 1 is 1.22 bits per heavy atom. The van der Waals surface area contributed by atoms with E-state index in [1.54, 1.807) is 26.1 Å². The molecule has 1 N–H and O–H groups in total. The van der Waals surface area contributed by atoms with Gasteiger partial charge in [-0.1, -0.05) is 37.6 Å². The Morgan fingerprint density at radius 2 is 2.00 bits per heavy atom. The first-order valence-corrected chi connectivity index (χ1v) is 12.0. The van der Waals surface area contributed by atoms with Crippen LogP contribution in [-0.4, -0.2) is 34.7 Å². The quantitative estimate of drug-likeness (QED) is 0.390. The van der Waals surface area contributed by atoms with Crippen LogP contribution in [0.2, 0.25) is 5.02 Å². The molecule has 36 heavy (non-hydrogen) atoms. The minimum atomic E-state index is -5.03. The lowest BCUT2D eigenvalue weighted by molar-refractivity contribution is -0.170. The molecule has 0 bridgehead atoms. The highest BCUT2D eigenvalue weighted by atomic mass is 35.5. The third-order valence-electron chi connectivity index (χ3n) is 5.07. The Bertz CT molecular complexity index is 1410. The molecule has 0 aliphatic carbocycles. The number of pyridine rings is 1. The maximum absolute atomic E-state index is 13.2. The number of rotatable bonds is 5. The summed E-state index contributed by atoms with van der Waals surface area (Å²) in [7, 11) is 0. The minimum Gasteiger partial charge on any atom is -0.304 e. The number of halogens is 4. The van der Waals surface area contributed by atoms with Gasteiger partial charge in [-0.05, 0) is 65.7 Å². The van der Waals surface area contributed by atoms with Gasteiger partial charge in [0.1, 0.15) is 0 Å². The van der Waals surface area contributed by atoms with E-state index in [2.05, 4.69) is 15.3 Å². The number of hydrogen-bond acceptors (Lipinski definition) is 5. The predicted molar refractivity (Wildman–Crippen MR) is 137 cm³/mol. The highest BCUT2D eigenvalue weighted by molar-refractivity contribution is 8.18. The van der Waals surface area contributed by atoms with Crippen molar-refractivity contribution in [3.63, 3.8) is 0 Å². The molecule has 6 nitrogen and oxygen atoms in total. The van der Waals surface area contributed by atoms with Crippen molar-refractivity contribution in [3.05, 3.63) is 70.2 Å². The van der Waals surface area contributed by atoms with Crippen molar-refractivity contribution in [2.75, 3.05) is 11.4 Å². The van der Waals surface area contributed by atoms with E-state index in [9.17, 15) is 22.8 Å². The lowest BCUT2D eigenvalue weighted by Gasteiger charge is -2.26. The SMILES string of the molecule is CC(C)CN(C(=O)C(F)(F)F)c1ccc(Cl)c(N=C2NC(=O)C(=Cc3ccc4ncccc4c3)S2)c1. The van der Waals surface area contributed by atoms with Crippen LogP contribution in [0, 0.1) is 5.92 Å². The normalized spacial score (nSPS) is 16.2. The second-order valence-electron chi connectivity index (χ2n) is 8.38. The number of carbonyl (C=O) groups excluding carboxylic acids is 2. The molecule has 0 atom stereocenters. The molecule has 2 amide bonds. The van der Waals surface area contributed by atoms with Gasteiger partial charge in [-0.25, -0.2) is 4.99 Å². The van der Waals surface area contributed by atoms with Gasteiger partial charge >= 0.3 is 12.1 Å². The summed E-state index contributed by atoms with van der Waals surface area (Å²) in [5.74, 6) is -2.56. The Kier molecular flexibility index (Phi) is 7.37. The third kappa shape index (κ3) is 5.88. The van der Waals surface area contributed by atoms with E-state index in [1.165, 1.54) is 18.2 Å². The maximum Gasteiger partial charge on any atom is 0.471 e. The zero-order valence-electron chi connectivity index (χ0n) is 19.1. The van der Waals surface area contributed by atoms with Gasteiger partial charge in [0.25, 0.3) is 5.91 Å². The average molecular weight is 533 g/mol. The molecule has 0 spiro atoms. The molecular weight excluding hydrogens is 513 g/mol. The molecule has 1 fully saturated rings. The number of anilines is 1. The molecule has 1 aromatic heterocycles. The summed E-state index contributed by atoms with van der Waals surface area (Å²) in [6, 6.07) is 13.3. The van der Waals surface area contributed by atoms with Gasteiger partial charge in [0, 0.05) is 23.8 Å². The molecule has 186 valence electrons. The van der Waals surface area contributed by atoms with Crippen molar-refractivity contribution in [3.8, 4) is 0 Å². The first-order chi connectivity index (χ1) is 17.0. The number of fused-ring (bicyclic) bond motifs is 1. The van der Waals surface area contributed by atoms with Gasteiger partial charge in [0.15, 0.2) is 5.17 Å². The Labute approximate surface area is 214 Å². The maximum atomic E-state index is 13.2. The van der Waals surface area contributed by atoms with E-state index in [1.807, 2.05) is 30.3 Å². The molecule has 2 aromatic carbocycles. The largest absolute Gasteiger partial charge is 0.471 e. The zero-order valence-corrected chi connectivity index (χ0v) is 20.7. The Morgan fingerprint density at radius 3 is 2.72 bits per heavy atom. The summed E-state index contributed by atoms with van der Waals surface area (Å²) in [4.78, 5) is 34.2. The van der Waals surface area contributed by atoms with Gasteiger partial charge in [-0.3, -0.25) is 14.6 Å². The molecule has 1 aliphatic heterocycles. The first kappa shape index (κ1) is 25.7. The lowest BCUT2D eigenvalue weighted by Crippen LogP contribution is -2.43. The van der Waals surface area contributed by atoms with Crippen LogP contribution in [0.1, 0.15) is 19.4 Å². The number of thioether (sulfide) groups is 1. The number of nitrogens with one attached hydrogen (secondary N) is 1. The van der Waals surface area contributed by atoms with Crippen LogP contribution in [0.3, 0.4) is 0 Å². The molecule has 0 unspecified atom stereocenters. The van der Waals surface area contributed by atoms with Crippen molar-refractivity contribution in [1.29, 1.82) is 0 Å². The number of nitrogens with zero attached hydrogens (tertiary/aromatic N) is 3. The number of amides is 2. The number of carbonyl (C=O) groups is 2. The fourth-order valence-corrected chi connectivity index (χ4v) is 4.50. The van der Waals surface area contributed by atoms with Crippen molar-refractivity contribution < 1.29 is 22.8 Å². The van der Waals surface area contributed by atoms with Gasteiger partial charge in [0.05, 0.1) is 21.1 Å². The summed E-state index contributed by atoms with van der Waals surface area (Å²) in [5, 5.41) is 3.93. The van der Waals surface area contributed by atoms with Gasteiger partial charge in [0.2, 0.25) is 0 Å². The van der Waals surface area contributed by atoms with E-state index < -0.39 is 12.1 Å². The number of alkyl halides is 3. The predicted octanol–water partition coefficient (Wildman–Crippen LogP) is 6.33. The molecule has 2 heterocycles. The van der Waals surface area contributed by atoms with Crippen molar-refractivity contribution in [2.45, 2.75) is 20.0 Å². The first-order valence-electron chi connectivity index (χ1n) is 10.8. The number of hydrogen-bond donors (Lipinski definition) is 1. The van der Waals surface area contributed by atoms with Crippen LogP contribution in [0.4, 0.5) is 24.5 Å². The van der Waals surface area contributed by atoms with Gasteiger partial charge < -0.3 is 10.2 Å². The Balaban J connectivity index is 1.62. The second kappa shape index (κ2) is 10.3. The molecule has 0 saturated carbocycles. The van der Waals surface area contributed by atoms with E-state index in [4.69, 9.17) is 11.6 Å². The summed E-state index contributed by atoms with van der Waals surface area (Å²) >= 11 is 7.31. The van der Waals surface area contributed by atoms with Gasteiger partial charge in [-0.2, -0.15) is 13.2 Å². The smallest absolute Gasteiger partial charge is 0.304 e. The second-order valence-corrected chi connectivity index (χ2v) is 9.82. The monoisotopic (exact) mass is 532 g/mol.